The third-order valence-electron chi connectivity index (χ3n) is 6.57. The lowest BCUT2D eigenvalue weighted by Crippen LogP contribution is -2.45. The van der Waals surface area contributed by atoms with Crippen molar-refractivity contribution in [2.45, 2.75) is 32.2 Å². The van der Waals surface area contributed by atoms with Crippen LogP contribution in [0.2, 0.25) is 0 Å². The molecular formula is C24H33N3O5. The molecule has 1 aromatic rings. The van der Waals surface area contributed by atoms with Crippen LogP contribution in [0.4, 0.5) is 5.69 Å². The van der Waals surface area contributed by atoms with Gasteiger partial charge in [0, 0.05) is 31.8 Å². The minimum atomic E-state index is -0.713. The molecule has 32 heavy (non-hydrogen) atoms. The number of unbranched alkanes of at least 4 members (excludes halogenated alkanes) is 1. The molecule has 1 aromatic carbocycles. The quantitative estimate of drug-likeness (QED) is 0.399. The summed E-state index contributed by atoms with van der Waals surface area (Å²) in [5.74, 6) is -1.47. The van der Waals surface area contributed by atoms with Crippen molar-refractivity contribution in [3.8, 4) is 5.75 Å². The highest BCUT2D eigenvalue weighted by Crippen LogP contribution is 2.45. The summed E-state index contributed by atoms with van der Waals surface area (Å²) >= 11 is 0. The highest BCUT2D eigenvalue weighted by molar-refractivity contribution is 6.01. The molecule has 0 spiro atoms. The Morgan fingerprint density at radius 2 is 1.84 bits per heavy atom. The Bertz CT molecular complexity index is 854. The number of benzene rings is 1. The number of amides is 3. The van der Waals surface area contributed by atoms with Crippen LogP contribution in [0, 0.1) is 23.7 Å². The molecule has 0 aromatic heterocycles. The summed E-state index contributed by atoms with van der Waals surface area (Å²) in [6, 6.07) is 6.29. The minimum Gasteiger partial charge on any atom is -0.497 e. The van der Waals surface area contributed by atoms with Crippen LogP contribution in [0.25, 0.3) is 0 Å². The van der Waals surface area contributed by atoms with Gasteiger partial charge in [-0.15, -0.1) is 0 Å². The maximum Gasteiger partial charge on any atom is 0.247 e. The number of carbonyl (C=O) groups is 3. The van der Waals surface area contributed by atoms with E-state index in [1.807, 2.05) is 19.1 Å². The number of carbonyl (C=O) groups excluding carboxylic acids is 3. The molecule has 3 N–H and O–H groups in total. The van der Waals surface area contributed by atoms with Crippen LogP contribution >= 0.6 is 0 Å². The monoisotopic (exact) mass is 443 g/mol. The van der Waals surface area contributed by atoms with Crippen molar-refractivity contribution < 1.29 is 24.2 Å². The van der Waals surface area contributed by atoms with E-state index in [4.69, 9.17) is 4.74 Å². The molecule has 1 heterocycles. The maximum atomic E-state index is 13.5. The average molecular weight is 444 g/mol. The van der Waals surface area contributed by atoms with Gasteiger partial charge in [-0.25, -0.2) is 0 Å². The number of hydrogen-bond donors (Lipinski definition) is 3. The average Bonchev–Trinajstić information content (AvgIpc) is 3.10. The van der Waals surface area contributed by atoms with E-state index in [1.165, 1.54) is 0 Å². The van der Waals surface area contributed by atoms with Crippen molar-refractivity contribution in [2.75, 3.05) is 32.6 Å². The van der Waals surface area contributed by atoms with Gasteiger partial charge in [0.05, 0.1) is 18.9 Å². The van der Waals surface area contributed by atoms with Crippen LogP contribution in [0.5, 0.6) is 5.75 Å². The van der Waals surface area contributed by atoms with E-state index in [1.54, 1.807) is 43.3 Å². The van der Waals surface area contributed by atoms with E-state index in [0.717, 1.165) is 6.42 Å². The SMILES string of the molecule is CC[C@@H]1C=C[C@H]2[C@H](C(=O)N(CCCCO)[C@@H]2C(=O)Nc2ccc(OC)cc2)[C@@H]1C(=O)NC. The van der Waals surface area contributed by atoms with Crippen LogP contribution < -0.4 is 15.4 Å². The Kier molecular flexibility index (Phi) is 7.90. The van der Waals surface area contributed by atoms with Crippen molar-refractivity contribution in [1.82, 2.24) is 10.2 Å². The molecule has 8 nitrogen and oxygen atoms in total. The van der Waals surface area contributed by atoms with E-state index in [2.05, 4.69) is 10.6 Å². The van der Waals surface area contributed by atoms with Crippen LogP contribution in [-0.4, -0.2) is 61.1 Å². The standard InChI is InChI=1S/C24H33N3O5/c1-4-15-7-12-18-20(19(15)22(29)25-2)24(31)27(13-5-6-14-28)21(18)23(30)26-16-8-10-17(32-3)11-9-16/h7-12,15,18-21,28H,4-6,13-14H2,1-3H3,(H,25,29)(H,26,30)/t15-,18+,19-,20+,21+/m1/s1. The molecular weight excluding hydrogens is 410 g/mol. The fraction of sp³-hybridized carbons (Fsp3) is 0.542. The van der Waals surface area contributed by atoms with E-state index >= 15 is 0 Å². The zero-order chi connectivity index (χ0) is 23.3. The number of aliphatic hydroxyl groups is 1. The van der Waals surface area contributed by atoms with Crippen molar-refractivity contribution in [3.63, 3.8) is 0 Å². The molecule has 0 bridgehead atoms. The second-order valence-corrected chi connectivity index (χ2v) is 8.33. The summed E-state index contributed by atoms with van der Waals surface area (Å²) in [6.07, 6.45) is 5.79. The van der Waals surface area contributed by atoms with Crippen molar-refractivity contribution >= 4 is 23.4 Å². The highest BCUT2D eigenvalue weighted by Gasteiger charge is 2.56. The lowest BCUT2D eigenvalue weighted by Gasteiger charge is -2.33. The summed E-state index contributed by atoms with van der Waals surface area (Å²) in [7, 11) is 3.15. The van der Waals surface area contributed by atoms with Gasteiger partial charge in [0.25, 0.3) is 0 Å². The second-order valence-electron chi connectivity index (χ2n) is 8.33. The Morgan fingerprint density at radius 3 is 2.44 bits per heavy atom. The first kappa shape index (κ1) is 23.8. The van der Waals surface area contributed by atoms with E-state index < -0.39 is 17.9 Å². The van der Waals surface area contributed by atoms with E-state index in [0.29, 0.717) is 30.8 Å². The maximum absolute atomic E-state index is 13.5. The molecule has 1 saturated heterocycles. The zero-order valence-corrected chi connectivity index (χ0v) is 18.9. The number of hydrogen-bond acceptors (Lipinski definition) is 5. The molecule has 2 aliphatic rings. The van der Waals surface area contributed by atoms with Crippen molar-refractivity contribution in [1.29, 1.82) is 0 Å². The van der Waals surface area contributed by atoms with Crippen LogP contribution in [0.1, 0.15) is 26.2 Å². The van der Waals surface area contributed by atoms with E-state index in [-0.39, 0.29) is 36.2 Å². The van der Waals surface area contributed by atoms with Gasteiger partial charge in [0.1, 0.15) is 11.8 Å². The van der Waals surface area contributed by atoms with Gasteiger partial charge in [-0.1, -0.05) is 19.1 Å². The predicted molar refractivity (Wildman–Crippen MR) is 121 cm³/mol. The van der Waals surface area contributed by atoms with Crippen LogP contribution in [-0.2, 0) is 14.4 Å². The highest BCUT2D eigenvalue weighted by atomic mass is 16.5. The number of anilines is 1. The number of allylic oxidation sites excluding steroid dienone is 1. The van der Waals surface area contributed by atoms with Gasteiger partial charge in [-0.2, -0.15) is 0 Å². The number of fused-ring (bicyclic) bond motifs is 1. The molecule has 1 aliphatic heterocycles. The Morgan fingerprint density at radius 1 is 1.12 bits per heavy atom. The third-order valence-corrected chi connectivity index (χ3v) is 6.57. The third kappa shape index (κ3) is 4.65. The first-order valence-corrected chi connectivity index (χ1v) is 11.2. The smallest absolute Gasteiger partial charge is 0.247 e. The van der Waals surface area contributed by atoms with E-state index in [9.17, 15) is 19.5 Å². The molecule has 3 amide bonds. The summed E-state index contributed by atoms with van der Waals surface area (Å²) in [5.41, 5.74) is 0.607. The lowest BCUT2D eigenvalue weighted by atomic mass is 9.69. The lowest BCUT2D eigenvalue weighted by molar-refractivity contribution is -0.140. The summed E-state index contributed by atoms with van der Waals surface area (Å²) in [4.78, 5) is 41.3. The minimum absolute atomic E-state index is 0.0241. The van der Waals surface area contributed by atoms with Gasteiger partial charge >= 0.3 is 0 Å². The molecule has 0 radical (unpaired) electrons. The predicted octanol–water partition coefficient (Wildman–Crippen LogP) is 1.81. The summed E-state index contributed by atoms with van der Waals surface area (Å²) < 4.78 is 5.16. The van der Waals surface area contributed by atoms with Gasteiger partial charge in [-0.05, 0) is 49.4 Å². The largest absolute Gasteiger partial charge is 0.497 e. The van der Waals surface area contributed by atoms with Gasteiger partial charge < -0.3 is 25.4 Å². The fourth-order valence-electron chi connectivity index (χ4n) is 4.94. The van der Waals surface area contributed by atoms with Crippen molar-refractivity contribution in [2.24, 2.45) is 23.7 Å². The van der Waals surface area contributed by atoms with Crippen LogP contribution in [0.3, 0.4) is 0 Å². The number of ether oxygens (including phenoxy) is 1. The van der Waals surface area contributed by atoms with Crippen LogP contribution in [0.15, 0.2) is 36.4 Å². The fourth-order valence-corrected chi connectivity index (χ4v) is 4.94. The number of likely N-dealkylation sites (tertiary alicyclic amines) is 1. The molecule has 3 rings (SSSR count). The normalized spacial score (nSPS) is 26.6. The van der Waals surface area contributed by atoms with Gasteiger partial charge in [-0.3, -0.25) is 14.4 Å². The topological polar surface area (TPSA) is 108 Å². The molecule has 5 atom stereocenters. The zero-order valence-electron chi connectivity index (χ0n) is 18.9. The summed E-state index contributed by atoms with van der Waals surface area (Å²) in [6.45, 7) is 2.38. The number of nitrogens with zero attached hydrogens (tertiary/aromatic N) is 1. The molecule has 1 aliphatic carbocycles. The molecule has 0 saturated carbocycles. The molecule has 8 heteroatoms. The molecule has 0 unspecified atom stereocenters. The Labute approximate surface area is 189 Å². The van der Waals surface area contributed by atoms with Gasteiger partial charge in [0.2, 0.25) is 17.7 Å². The number of aliphatic hydroxyl groups excluding tert-OH is 1. The van der Waals surface area contributed by atoms with Crippen molar-refractivity contribution in [3.05, 3.63) is 36.4 Å². The molecule has 174 valence electrons. The number of rotatable bonds is 9. The number of methoxy groups -OCH3 is 1. The van der Waals surface area contributed by atoms with Gasteiger partial charge in [0.15, 0.2) is 0 Å². The Balaban J connectivity index is 1.92. The summed E-state index contributed by atoms with van der Waals surface area (Å²) in [5, 5.41) is 14.8. The second kappa shape index (κ2) is 10.6. The Hall–Kier alpha value is -2.87. The molecule has 1 fully saturated rings. The first-order valence-electron chi connectivity index (χ1n) is 11.2. The first-order chi connectivity index (χ1) is 15.5. The number of nitrogens with one attached hydrogen (secondary N) is 2.